The summed E-state index contributed by atoms with van der Waals surface area (Å²) in [6, 6.07) is 27.3. The molecule has 3 aromatic carbocycles. The Morgan fingerprint density at radius 1 is 0.912 bits per heavy atom. The molecule has 0 fully saturated rings. The molecule has 8 heteroatoms. The molecule has 0 unspecified atom stereocenters. The van der Waals surface area contributed by atoms with Gasteiger partial charge >= 0.3 is 0 Å². The lowest BCUT2D eigenvalue weighted by molar-refractivity contribution is -0.384. The molecule has 0 atom stereocenters. The molecule has 0 spiro atoms. The van der Waals surface area contributed by atoms with Crippen molar-refractivity contribution in [3.05, 3.63) is 124 Å². The van der Waals surface area contributed by atoms with Gasteiger partial charge in [0.2, 0.25) is 0 Å². The van der Waals surface area contributed by atoms with E-state index < -0.39 is 4.92 Å². The molecule has 1 N–H and O–H groups in total. The zero-order valence-corrected chi connectivity index (χ0v) is 18.9. The molecule has 1 heterocycles. The fraction of sp³-hybridized carbons (Fsp3) is 0.0769. The molecular formula is C26H21N3O4S. The molecule has 0 radical (unpaired) electrons. The van der Waals surface area contributed by atoms with Crippen LogP contribution in [0.4, 0.5) is 5.69 Å². The summed E-state index contributed by atoms with van der Waals surface area (Å²) in [6.07, 6.45) is 1.40. The number of nitrogens with zero attached hydrogens (tertiary/aromatic N) is 2. The second kappa shape index (κ2) is 11.1. The van der Waals surface area contributed by atoms with Crippen molar-refractivity contribution in [3.63, 3.8) is 0 Å². The van der Waals surface area contributed by atoms with Crippen LogP contribution in [0, 0.1) is 10.1 Å². The van der Waals surface area contributed by atoms with Gasteiger partial charge in [-0.25, -0.2) is 5.43 Å². The summed E-state index contributed by atoms with van der Waals surface area (Å²) < 4.78 is 5.67. The van der Waals surface area contributed by atoms with E-state index in [4.69, 9.17) is 4.42 Å². The van der Waals surface area contributed by atoms with Crippen molar-refractivity contribution in [2.75, 3.05) is 0 Å². The van der Waals surface area contributed by atoms with Crippen LogP contribution in [0.25, 0.3) is 11.3 Å². The maximum atomic E-state index is 12.3. The van der Waals surface area contributed by atoms with Gasteiger partial charge < -0.3 is 4.42 Å². The molecule has 1 amide bonds. The minimum absolute atomic E-state index is 0.0128. The summed E-state index contributed by atoms with van der Waals surface area (Å²) in [4.78, 5) is 22.7. The van der Waals surface area contributed by atoms with E-state index in [1.165, 1.54) is 23.9 Å². The molecule has 170 valence electrons. The number of carbonyl (C=O) groups is 1. The normalized spacial score (nSPS) is 10.9. The first-order valence-electron chi connectivity index (χ1n) is 10.5. The number of thioether (sulfide) groups is 1. The quantitative estimate of drug-likeness (QED) is 0.182. The van der Waals surface area contributed by atoms with Gasteiger partial charge in [0.25, 0.3) is 11.6 Å². The van der Waals surface area contributed by atoms with Gasteiger partial charge in [0, 0.05) is 34.8 Å². The van der Waals surface area contributed by atoms with E-state index in [1.807, 2.05) is 42.1 Å². The Morgan fingerprint density at radius 2 is 1.59 bits per heavy atom. The number of amides is 1. The first-order valence-corrected chi connectivity index (χ1v) is 11.6. The van der Waals surface area contributed by atoms with E-state index in [9.17, 15) is 14.9 Å². The third-order valence-electron chi connectivity index (χ3n) is 4.94. The number of nitro groups is 1. The van der Waals surface area contributed by atoms with Gasteiger partial charge in [0.15, 0.2) is 0 Å². The minimum Gasteiger partial charge on any atom is -0.455 e. The molecule has 0 saturated carbocycles. The van der Waals surface area contributed by atoms with E-state index in [0.29, 0.717) is 22.6 Å². The van der Waals surface area contributed by atoms with Gasteiger partial charge in [0.1, 0.15) is 11.5 Å². The van der Waals surface area contributed by atoms with Crippen LogP contribution in [0.15, 0.2) is 101 Å². The Labute approximate surface area is 200 Å². The smallest absolute Gasteiger partial charge is 0.271 e. The summed E-state index contributed by atoms with van der Waals surface area (Å²) in [5.41, 5.74) is 6.16. The van der Waals surface area contributed by atoms with Crippen LogP contribution in [0.3, 0.4) is 0 Å². The summed E-state index contributed by atoms with van der Waals surface area (Å²) in [7, 11) is 0. The predicted molar refractivity (Wildman–Crippen MR) is 134 cm³/mol. The zero-order chi connectivity index (χ0) is 23.8. The average Bonchev–Trinajstić information content (AvgIpc) is 3.34. The van der Waals surface area contributed by atoms with E-state index in [2.05, 4.69) is 22.7 Å². The highest BCUT2D eigenvalue weighted by Crippen LogP contribution is 2.24. The standard InChI is InChI=1S/C26H21N3O4S/c30-26(22-8-6-20(7-9-22)18-34-17-19-4-2-1-3-5-19)28-27-16-24-14-15-25(33-24)21-10-12-23(13-11-21)29(31)32/h1-16H,17-18H2,(H,28,30). The van der Waals surface area contributed by atoms with Crippen molar-refractivity contribution in [1.29, 1.82) is 0 Å². The first-order chi connectivity index (χ1) is 16.6. The monoisotopic (exact) mass is 471 g/mol. The van der Waals surface area contributed by atoms with Crippen LogP contribution >= 0.6 is 11.8 Å². The number of non-ortho nitro benzene ring substituents is 1. The molecule has 4 aromatic rings. The van der Waals surface area contributed by atoms with Crippen molar-refractivity contribution in [2.24, 2.45) is 5.10 Å². The zero-order valence-electron chi connectivity index (χ0n) is 18.1. The lowest BCUT2D eigenvalue weighted by atomic mass is 10.1. The number of hydrogen-bond acceptors (Lipinski definition) is 6. The highest BCUT2D eigenvalue weighted by Gasteiger charge is 2.08. The summed E-state index contributed by atoms with van der Waals surface area (Å²) in [6.45, 7) is 0. The molecule has 7 nitrogen and oxygen atoms in total. The minimum atomic E-state index is -0.453. The fourth-order valence-corrected chi connectivity index (χ4v) is 4.12. The van der Waals surface area contributed by atoms with Crippen molar-refractivity contribution < 1.29 is 14.1 Å². The van der Waals surface area contributed by atoms with Crippen LogP contribution in [-0.2, 0) is 11.5 Å². The van der Waals surface area contributed by atoms with Gasteiger partial charge in [-0.15, -0.1) is 0 Å². The van der Waals surface area contributed by atoms with E-state index in [1.54, 1.807) is 36.4 Å². The maximum absolute atomic E-state index is 12.3. The number of rotatable bonds is 9. The molecule has 34 heavy (non-hydrogen) atoms. The first kappa shape index (κ1) is 23.0. The van der Waals surface area contributed by atoms with Crippen LogP contribution < -0.4 is 5.43 Å². The molecule has 4 rings (SSSR count). The highest BCUT2D eigenvalue weighted by atomic mass is 32.2. The Hall–Kier alpha value is -4.17. The summed E-state index contributed by atoms with van der Waals surface area (Å²) in [5.74, 6) is 2.48. The number of nitro benzene ring substituents is 1. The van der Waals surface area contributed by atoms with Crippen LogP contribution in [0.1, 0.15) is 27.2 Å². The van der Waals surface area contributed by atoms with Gasteiger partial charge in [-0.2, -0.15) is 16.9 Å². The molecule has 0 saturated heterocycles. The van der Waals surface area contributed by atoms with Crippen molar-refractivity contribution >= 4 is 29.6 Å². The molecule has 0 aliphatic rings. The fourth-order valence-electron chi connectivity index (χ4n) is 3.16. The van der Waals surface area contributed by atoms with E-state index in [-0.39, 0.29) is 11.6 Å². The lowest BCUT2D eigenvalue weighted by Crippen LogP contribution is -2.17. The van der Waals surface area contributed by atoms with Gasteiger partial charge in [-0.3, -0.25) is 14.9 Å². The second-order valence-corrected chi connectivity index (χ2v) is 8.37. The van der Waals surface area contributed by atoms with Gasteiger partial charge in [-0.1, -0.05) is 42.5 Å². The Balaban J connectivity index is 1.27. The van der Waals surface area contributed by atoms with Crippen LogP contribution in [0.5, 0.6) is 0 Å². The molecule has 0 bridgehead atoms. The number of benzene rings is 3. The van der Waals surface area contributed by atoms with Crippen molar-refractivity contribution in [1.82, 2.24) is 5.43 Å². The number of hydrogen-bond donors (Lipinski definition) is 1. The van der Waals surface area contributed by atoms with E-state index in [0.717, 1.165) is 17.1 Å². The second-order valence-electron chi connectivity index (χ2n) is 7.38. The summed E-state index contributed by atoms with van der Waals surface area (Å²) >= 11 is 1.82. The van der Waals surface area contributed by atoms with Gasteiger partial charge in [-0.05, 0) is 47.5 Å². The topological polar surface area (TPSA) is 97.7 Å². The van der Waals surface area contributed by atoms with Crippen molar-refractivity contribution in [2.45, 2.75) is 11.5 Å². The third kappa shape index (κ3) is 6.20. The highest BCUT2D eigenvalue weighted by molar-refractivity contribution is 7.97. The number of nitrogens with one attached hydrogen (secondary N) is 1. The largest absolute Gasteiger partial charge is 0.455 e. The number of hydrazone groups is 1. The molecule has 0 aliphatic heterocycles. The third-order valence-corrected chi connectivity index (χ3v) is 6.02. The van der Waals surface area contributed by atoms with Crippen LogP contribution in [0.2, 0.25) is 0 Å². The molecule has 1 aromatic heterocycles. The van der Waals surface area contributed by atoms with Gasteiger partial charge in [0.05, 0.1) is 11.1 Å². The number of furan rings is 1. The number of carbonyl (C=O) groups excluding carboxylic acids is 1. The lowest BCUT2D eigenvalue weighted by Gasteiger charge is -2.04. The Bertz CT molecular complexity index is 1280. The van der Waals surface area contributed by atoms with Crippen LogP contribution in [-0.4, -0.2) is 17.0 Å². The van der Waals surface area contributed by atoms with E-state index >= 15 is 0 Å². The summed E-state index contributed by atoms with van der Waals surface area (Å²) in [5, 5.41) is 14.7. The average molecular weight is 472 g/mol. The Kier molecular flexibility index (Phi) is 7.52. The van der Waals surface area contributed by atoms with Crippen molar-refractivity contribution in [3.8, 4) is 11.3 Å². The molecular weight excluding hydrogens is 450 g/mol. The maximum Gasteiger partial charge on any atom is 0.271 e. The predicted octanol–water partition coefficient (Wildman–Crippen LogP) is 6.05. The Morgan fingerprint density at radius 3 is 2.26 bits per heavy atom. The SMILES string of the molecule is O=C(NN=Cc1ccc(-c2ccc([N+](=O)[O-])cc2)o1)c1ccc(CSCc2ccccc2)cc1. The molecule has 0 aliphatic carbocycles.